The first-order valence-electron chi connectivity index (χ1n) is 6.04. The minimum Gasteiger partial charge on any atom is -0.225 e. The van der Waals surface area contributed by atoms with Gasteiger partial charge in [-0.2, -0.15) is 0 Å². The first kappa shape index (κ1) is 14.7. The molecule has 21 heavy (non-hydrogen) atoms. The molecular formula is C15H8BrCl2FN2. The van der Waals surface area contributed by atoms with Crippen molar-refractivity contribution in [3.8, 4) is 11.4 Å². The van der Waals surface area contributed by atoms with Gasteiger partial charge in [0.2, 0.25) is 0 Å². The Labute approximate surface area is 139 Å². The molecule has 2 nitrogen and oxygen atoms in total. The second kappa shape index (κ2) is 5.52. The summed E-state index contributed by atoms with van der Waals surface area (Å²) in [5.41, 5.74) is 1.86. The lowest BCUT2D eigenvalue weighted by Crippen LogP contribution is -1.96. The lowest BCUT2D eigenvalue weighted by atomic mass is 10.1. The zero-order valence-electron chi connectivity index (χ0n) is 10.8. The van der Waals surface area contributed by atoms with Crippen LogP contribution >= 0.6 is 39.1 Å². The molecule has 6 heteroatoms. The molecule has 0 N–H and O–H groups in total. The van der Waals surface area contributed by atoms with Crippen molar-refractivity contribution in [3.63, 3.8) is 0 Å². The Morgan fingerprint density at radius 2 is 1.86 bits per heavy atom. The van der Waals surface area contributed by atoms with E-state index in [1.807, 2.05) is 13.0 Å². The van der Waals surface area contributed by atoms with Crippen LogP contribution in [0.3, 0.4) is 0 Å². The largest absolute Gasteiger partial charge is 0.225 e. The molecule has 0 aliphatic rings. The molecule has 1 heterocycles. The van der Waals surface area contributed by atoms with Crippen molar-refractivity contribution in [2.24, 2.45) is 0 Å². The van der Waals surface area contributed by atoms with Crippen LogP contribution in [0.25, 0.3) is 22.3 Å². The standard InChI is InChI=1S/C15H8BrCl2FN2/c1-7-2-3-9(17)6-10(7)15-20-13-11(14(18)21-15)4-8(16)5-12(13)19/h2-6H,1H3. The van der Waals surface area contributed by atoms with E-state index in [1.165, 1.54) is 6.07 Å². The molecule has 0 radical (unpaired) electrons. The van der Waals surface area contributed by atoms with Crippen molar-refractivity contribution < 1.29 is 4.39 Å². The highest BCUT2D eigenvalue weighted by Crippen LogP contribution is 2.31. The zero-order chi connectivity index (χ0) is 15.1. The molecule has 0 amide bonds. The van der Waals surface area contributed by atoms with E-state index in [0.29, 0.717) is 20.7 Å². The molecule has 0 bridgehead atoms. The predicted octanol–water partition coefficient (Wildman–Crippen LogP) is 5.81. The molecule has 0 unspecified atom stereocenters. The van der Waals surface area contributed by atoms with E-state index in [-0.39, 0.29) is 10.7 Å². The molecule has 2 aromatic carbocycles. The second-order valence-corrected chi connectivity index (χ2v) is 6.29. The maximum Gasteiger partial charge on any atom is 0.161 e. The summed E-state index contributed by atoms with van der Waals surface area (Å²) < 4.78 is 14.7. The highest BCUT2D eigenvalue weighted by molar-refractivity contribution is 9.10. The van der Waals surface area contributed by atoms with Crippen molar-refractivity contribution in [1.82, 2.24) is 9.97 Å². The van der Waals surface area contributed by atoms with Crippen LogP contribution in [0.4, 0.5) is 4.39 Å². The SMILES string of the molecule is Cc1ccc(Cl)cc1-c1nc(Cl)c2cc(Br)cc(F)c2n1. The van der Waals surface area contributed by atoms with E-state index in [1.54, 1.807) is 18.2 Å². The summed E-state index contributed by atoms with van der Waals surface area (Å²) in [6, 6.07) is 8.42. The van der Waals surface area contributed by atoms with Gasteiger partial charge < -0.3 is 0 Å². The number of halogens is 4. The van der Waals surface area contributed by atoms with Crippen LogP contribution in [0.5, 0.6) is 0 Å². The van der Waals surface area contributed by atoms with Crippen molar-refractivity contribution in [1.29, 1.82) is 0 Å². The van der Waals surface area contributed by atoms with Crippen LogP contribution in [0, 0.1) is 12.7 Å². The van der Waals surface area contributed by atoms with Gasteiger partial charge in [0.05, 0.1) is 0 Å². The Balaban J connectivity index is 2.33. The van der Waals surface area contributed by atoms with Crippen LogP contribution in [-0.4, -0.2) is 9.97 Å². The summed E-state index contributed by atoms with van der Waals surface area (Å²) in [6.07, 6.45) is 0. The van der Waals surface area contributed by atoms with Gasteiger partial charge in [-0.15, -0.1) is 0 Å². The molecule has 0 saturated heterocycles. The topological polar surface area (TPSA) is 25.8 Å². The van der Waals surface area contributed by atoms with Gasteiger partial charge in [0.15, 0.2) is 11.6 Å². The van der Waals surface area contributed by atoms with Gasteiger partial charge in [-0.25, -0.2) is 14.4 Å². The van der Waals surface area contributed by atoms with Crippen LogP contribution in [-0.2, 0) is 0 Å². The number of fused-ring (bicyclic) bond motifs is 1. The van der Waals surface area contributed by atoms with E-state index in [2.05, 4.69) is 25.9 Å². The van der Waals surface area contributed by atoms with Gasteiger partial charge in [-0.05, 0) is 36.8 Å². The Hall–Kier alpha value is -1.23. The van der Waals surface area contributed by atoms with Crippen molar-refractivity contribution >= 4 is 50.0 Å². The van der Waals surface area contributed by atoms with Crippen LogP contribution < -0.4 is 0 Å². The van der Waals surface area contributed by atoms with Gasteiger partial charge in [-0.3, -0.25) is 0 Å². The maximum absolute atomic E-state index is 14.1. The quantitative estimate of drug-likeness (QED) is 0.493. The smallest absolute Gasteiger partial charge is 0.161 e. The summed E-state index contributed by atoms with van der Waals surface area (Å²) in [5, 5.41) is 1.23. The summed E-state index contributed by atoms with van der Waals surface area (Å²) in [4.78, 5) is 8.56. The molecule has 0 fully saturated rings. The fraction of sp³-hybridized carbons (Fsp3) is 0.0667. The molecule has 0 spiro atoms. The van der Waals surface area contributed by atoms with E-state index < -0.39 is 5.82 Å². The number of hydrogen-bond donors (Lipinski definition) is 0. The fourth-order valence-electron chi connectivity index (χ4n) is 2.08. The highest BCUT2D eigenvalue weighted by atomic mass is 79.9. The first-order valence-corrected chi connectivity index (χ1v) is 7.59. The zero-order valence-corrected chi connectivity index (χ0v) is 13.9. The Morgan fingerprint density at radius 3 is 2.62 bits per heavy atom. The molecule has 1 aromatic heterocycles. The van der Waals surface area contributed by atoms with Gasteiger partial charge in [0.25, 0.3) is 0 Å². The minimum atomic E-state index is -0.454. The van der Waals surface area contributed by atoms with Gasteiger partial charge in [0.1, 0.15) is 10.7 Å². The lowest BCUT2D eigenvalue weighted by molar-refractivity contribution is 0.636. The molecule has 0 atom stereocenters. The fourth-order valence-corrected chi connectivity index (χ4v) is 2.90. The van der Waals surface area contributed by atoms with Crippen LogP contribution in [0.2, 0.25) is 10.2 Å². The van der Waals surface area contributed by atoms with Gasteiger partial charge in [-0.1, -0.05) is 45.2 Å². The highest BCUT2D eigenvalue weighted by Gasteiger charge is 2.14. The van der Waals surface area contributed by atoms with Gasteiger partial charge in [0, 0.05) is 20.4 Å². The Kier molecular flexibility index (Phi) is 3.86. The molecular weight excluding hydrogens is 378 g/mol. The number of hydrogen-bond acceptors (Lipinski definition) is 2. The third kappa shape index (κ3) is 2.76. The lowest BCUT2D eigenvalue weighted by Gasteiger charge is -2.08. The minimum absolute atomic E-state index is 0.188. The number of rotatable bonds is 1. The normalized spacial score (nSPS) is 11.1. The van der Waals surface area contributed by atoms with E-state index in [9.17, 15) is 4.39 Å². The summed E-state index contributed by atoms with van der Waals surface area (Å²) >= 11 is 15.4. The summed E-state index contributed by atoms with van der Waals surface area (Å²) in [6.45, 7) is 1.91. The summed E-state index contributed by atoms with van der Waals surface area (Å²) in [7, 11) is 0. The number of nitrogens with zero attached hydrogens (tertiary/aromatic N) is 2. The predicted molar refractivity (Wildman–Crippen MR) is 87.4 cm³/mol. The molecule has 0 aliphatic carbocycles. The molecule has 0 saturated carbocycles. The molecule has 0 aliphatic heterocycles. The average Bonchev–Trinajstić information content (AvgIpc) is 2.42. The monoisotopic (exact) mass is 384 g/mol. The van der Waals surface area contributed by atoms with E-state index in [0.717, 1.165) is 11.1 Å². The molecule has 3 rings (SSSR count). The van der Waals surface area contributed by atoms with Gasteiger partial charge >= 0.3 is 0 Å². The number of aryl methyl sites for hydroxylation is 1. The van der Waals surface area contributed by atoms with Crippen LogP contribution in [0.1, 0.15) is 5.56 Å². The number of benzene rings is 2. The van der Waals surface area contributed by atoms with E-state index >= 15 is 0 Å². The molecule has 3 aromatic rings. The van der Waals surface area contributed by atoms with Crippen molar-refractivity contribution in [2.75, 3.05) is 0 Å². The Morgan fingerprint density at radius 1 is 1.10 bits per heavy atom. The van der Waals surface area contributed by atoms with Crippen molar-refractivity contribution in [2.45, 2.75) is 6.92 Å². The molecule has 106 valence electrons. The third-order valence-corrected chi connectivity index (χ3v) is 4.09. The summed E-state index contributed by atoms with van der Waals surface area (Å²) in [5.74, 6) is -0.0988. The maximum atomic E-state index is 14.1. The average molecular weight is 386 g/mol. The number of aromatic nitrogens is 2. The first-order chi connectivity index (χ1) is 9.95. The Bertz CT molecular complexity index is 868. The van der Waals surface area contributed by atoms with Crippen molar-refractivity contribution in [3.05, 3.63) is 56.4 Å². The third-order valence-electron chi connectivity index (χ3n) is 3.11. The van der Waals surface area contributed by atoms with Crippen LogP contribution in [0.15, 0.2) is 34.8 Å². The second-order valence-electron chi connectivity index (χ2n) is 4.58. The van der Waals surface area contributed by atoms with E-state index in [4.69, 9.17) is 23.2 Å².